The number of fused-ring (bicyclic) bond motifs is 10. The monoisotopic (exact) mass is 593 g/mol. The molecule has 2 aromatic heterocycles. The molecular weight excluding hydrogens is 557 g/mol. The molecule has 12 rings (SSSR count). The molecule has 3 aliphatic carbocycles. The Hall–Kier alpha value is -4.57. The predicted molar refractivity (Wildman–Crippen MR) is 193 cm³/mol. The molecule has 2 bridgehead atoms. The molecule has 0 N–H and O–H groups in total. The van der Waals surface area contributed by atoms with E-state index >= 15 is 0 Å². The van der Waals surface area contributed by atoms with E-state index in [1.54, 1.807) is 11.1 Å². The van der Waals surface area contributed by atoms with E-state index in [-0.39, 0.29) is 17.5 Å². The summed E-state index contributed by atoms with van der Waals surface area (Å²) in [4.78, 5) is 5.67. The van der Waals surface area contributed by atoms with E-state index in [9.17, 15) is 0 Å². The van der Waals surface area contributed by atoms with Crippen molar-refractivity contribution in [3.8, 4) is 22.8 Å². The first-order valence-corrected chi connectivity index (χ1v) is 17.1. The average molecular weight is 594 g/mol. The van der Waals surface area contributed by atoms with Gasteiger partial charge in [-0.1, -0.05) is 68.4 Å². The van der Waals surface area contributed by atoms with Crippen LogP contribution in [0.2, 0.25) is 0 Å². The van der Waals surface area contributed by atoms with Crippen molar-refractivity contribution in [3.63, 3.8) is 0 Å². The maximum absolute atomic E-state index is 5.67. The summed E-state index contributed by atoms with van der Waals surface area (Å²) >= 11 is 0. The van der Waals surface area contributed by atoms with Gasteiger partial charge >= 0.3 is 0 Å². The van der Waals surface area contributed by atoms with Gasteiger partial charge in [0.1, 0.15) is 5.82 Å². The van der Waals surface area contributed by atoms with Crippen LogP contribution in [0.4, 0.5) is 0 Å². The first-order valence-electron chi connectivity index (χ1n) is 17.1. The second kappa shape index (κ2) is 8.04. The molecule has 0 radical (unpaired) electrons. The van der Waals surface area contributed by atoms with Crippen molar-refractivity contribution in [1.82, 2.24) is 14.1 Å². The summed E-state index contributed by atoms with van der Waals surface area (Å²) < 4.78 is 5.19. The summed E-state index contributed by atoms with van der Waals surface area (Å²) in [5.74, 6) is 1.09. The number of rotatable bonds is 1. The zero-order chi connectivity index (χ0) is 30.9. The van der Waals surface area contributed by atoms with Crippen molar-refractivity contribution in [2.24, 2.45) is 0 Å². The molecule has 7 aromatic rings. The lowest BCUT2D eigenvalue weighted by Crippen LogP contribution is -2.63. The average Bonchev–Trinajstić information content (AvgIpc) is 3.60. The SMILES string of the molecule is Cc1cccc(C)c1-c1nc2cc3c(c4c2n1-c1cc(C)c2c5ccccc5n5c2c1B4c1ccccc1-5)C1(C)CCC3(C)CC1. The highest BCUT2D eigenvalue weighted by Gasteiger charge is 2.53. The fraction of sp³-hybridized carbons (Fsp3) is 0.262. The highest BCUT2D eigenvalue weighted by Crippen LogP contribution is 2.57. The largest absolute Gasteiger partial charge is 0.310 e. The van der Waals surface area contributed by atoms with Gasteiger partial charge in [-0.05, 0) is 126 Å². The van der Waals surface area contributed by atoms with Crippen LogP contribution in [-0.4, -0.2) is 20.8 Å². The third-order valence-electron chi connectivity index (χ3n) is 12.9. The van der Waals surface area contributed by atoms with E-state index < -0.39 is 0 Å². The Kier molecular flexibility index (Phi) is 4.48. The summed E-state index contributed by atoms with van der Waals surface area (Å²) in [6, 6.07) is 30.0. The van der Waals surface area contributed by atoms with E-state index in [2.05, 4.69) is 123 Å². The van der Waals surface area contributed by atoms with Gasteiger partial charge in [-0.3, -0.25) is 4.57 Å². The maximum Gasteiger partial charge on any atom is 0.252 e. The van der Waals surface area contributed by atoms with Crippen LogP contribution in [0, 0.1) is 20.8 Å². The Bertz CT molecular complexity index is 2530. The molecule has 0 unspecified atom stereocenters. The van der Waals surface area contributed by atoms with Crippen LogP contribution < -0.4 is 16.4 Å². The summed E-state index contributed by atoms with van der Waals surface area (Å²) in [7, 11) is 0. The Balaban J connectivity index is 1.43. The number of nitrogens with zero attached hydrogens (tertiary/aromatic N) is 3. The van der Waals surface area contributed by atoms with Crippen molar-refractivity contribution >= 4 is 55.9 Å². The van der Waals surface area contributed by atoms with Crippen molar-refractivity contribution < 1.29 is 0 Å². The molecule has 3 nitrogen and oxygen atoms in total. The van der Waals surface area contributed by atoms with Crippen LogP contribution in [0.5, 0.6) is 0 Å². The third-order valence-corrected chi connectivity index (χ3v) is 12.9. The topological polar surface area (TPSA) is 22.8 Å². The summed E-state index contributed by atoms with van der Waals surface area (Å²) in [6.07, 6.45) is 5.05. The number of aryl methyl sites for hydroxylation is 3. The number of aromatic nitrogens is 3. The molecule has 0 spiro atoms. The number of hydrogen-bond donors (Lipinski definition) is 0. The van der Waals surface area contributed by atoms with Gasteiger partial charge < -0.3 is 4.57 Å². The second-order valence-electron chi connectivity index (χ2n) is 15.4. The number of benzene rings is 5. The van der Waals surface area contributed by atoms with Crippen molar-refractivity contribution in [3.05, 3.63) is 107 Å². The van der Waals surface area contributed by atoms with Gasteiger partial charge in [0.05, 0.1) is 22.1 Å². The lowest BCUT2D eigenvalue weighted by Gasteiger charge is -2.54. The van der Waals surface area contributed by atoms with Gasteiger partial charge in [0.15, 0.2) is 0 Å². The minimum absolute atomic E-state index is 0.165. The zero-order valence-electron chi connectivity index (χ0n) is 27.3. The highest BCUT2D eigenvalue weighted by atomic mass is 15.1. The fourth-order valence-electron chi connectivity index (χ4n) is 10.6. The van der Waals surface area contributed by atoms with Gasteiger partial charge in [-0.2, -0.15) is 0 Å². The molecular formula is C42H36BN3. The summed E-state index contributed by atoms with van der Waals surface area (Å²) in [5.41, 5.74) is 21.0. The van der Waals surface area contributed by atoms with Crippen LogP contribution in [0.3, 0.4) is 0 Å². The molecule has 1 saturated carbocycles. The second-order valence-corrected chi connectivity index (χ2v) is 15.4. The Labute approximate surface area is 270 Å². The lowest BCUT2D eigenvalue weighted by molar-refractivity contribution is 0.189. The van der Waals surface area contributed by atoms with Gasteiger partial charge in [0, 0.05) is 27.7 Å². The third kappa shape index (κ3) is 2.75. The first-order chi connectivity index (χ1) is 22.3. The van der Waals surface area contributed by atoms with E-state index in [4.69, 9.17) is 4.98 Å². The molecule has 4 heterocycles. The fourth-order valence-corrected chi connectivity index (χ4v) is 10.6. The van der Waals surface area contributed by atoms with Crippen molar-refractivity contribution in [2.45, 2.75) is 71.1 Å². The lowest BCUT2D eigenvalue weighted by atomic mass is 9.31. The van der Waals surface area contributed by atoms with Crippen molar-refractivity contribution in [2.75, 3.05) is 0 Å². The highest BCUT2D eigenvalue weighted by molar-refractivity contribution is 7.00. The van der Waals surface area contributed by atoms with Crippen LogP contribution in [-0.2, 0) is 10.8 Å². The molecule has 46 heavy (non-hydrogen) atoms. The minimum atomic E-state index is 0.165. The maximum atomic E-state index is 5.67. The Morgan fingerprint density at radius 3 is 2.20 bits per heavy atom. The van der Waals surface area contributed by atoms with Crippen molar-refractivity contribution in [1.29, 1.82) is 0 Å². The molecule has 2 aliphatic heterocycles. The summed E-state index contributed by atoms with van der Waals surface area (Å²) in [6.45, 7) is 12.1. The Morgan fingerprint density at radius 2 is 1.39 bits per heavy atom. The molecule has 222 valence electrons. The zero-order valence-corrected chi connectivity index (χ0v) is 27.3. The predicted octanol–water partition coefficient (Wildman–Crippen LogP) is 7.96. The molecule has 5 aliphatic rings. The quantitative estimate of drug-likeness (QED) is 0.177. The molecule has 0 saturated heterocycles. The number of hydrogen-bond acceptors (Lipinski definition) is 1. The molecule has 5 aromatic carbocycles. The Morgan fingerprint density at radius 1 is 0.674 bits per heavy atom. The molecule has 4 heteroatoms. The minimum Gasteiger partial charge on any atom is -0.310 e. The van der Waals surface area contributed by atoms with E-state index in [0.29, 0.717) is 0 Å². The number of imidazole rings is 1. The molecule has 0 atom stereocenters. The first kappa shape index (κ1) is 25.6. The van der Waals surface area contributed by atoms with Gasteiger partial charge in [-0.15, -0.1) is 0 Å². The van der Waals surface area contributed by atoms with Crippen LogP contribution in [0.1, 0.15) is 67.3 Å². The smallest absolute Gasteiger partial charge is 0.252 e. The number of para-hydroxylation sites is 2. The molecule has 0 amide bonds. The van der Waals surface area contributed by atoms with E-state index in [1.165, 1.54) is 103 Å². The van der Waals surface area contributed by atoms with E-state index in [0.717, 1.165) is 11.3 Å². The van der Waals surface area contributed by atoms with Crippen LogP contribution in [0.25, 0.3) is 55.6 Å². The normalized spacial score (nSPS) is 21.8. The summed E-state index contributed by atoms with van der Waals surface area (Å²) in [5, 5.41) is 2.74. The standard InChI is InChI=1S/C42H36BN3/c1-23-11-10-12-24(2)33(23)40-44-29-22-27-35(42(5)19-17-41(27,4)18-20-42)37-38(29)46(40)32-21-25(3)34-26-13-6-8-15-30(26)45-31-16-9-7-14-28(31)43(37)36(32)39(34)45/h6-16,21-22H,17-20H2,1-5H3. The van der Waals surface area contributed by atoms with Crippen LogP contribution in [0.15, 0.2) is 78.9 Å². The van der Waals surface area contributed by atoms with Gasteiger partial charge in [0.25, 0.3) is 6.71 Å². The molecule has 1 fully saturated rings. The van der Waals surface area contributed by atoms with Gasteiger partial charge in [0.2, 0.25) is 0 Å². The van der Waals surface area contributed by atoms with Crippen LogP contribution >= 0.6 is 0 Å². The van der Waals surface area contributed by atoms with E-state index in [1.807, 2.05) is 0 Å². The van der Waals surface area contributed by atoms with Gasteiger partial charge in [-0.25, -0.2) is 4.98 Å².